The SMILES string of the molecule is CC(C)(C(=O)OCC(=O)Nc1c(Cl)cccc1Cl)c1ccccc1. The second kappa shape index (κ2) is 7.69. The van der Waals surface area contributed by atoms with Gasteiger partial charge in [-0.05, 0) is 31.5 Å². The number of nitrogens with one attached hydrogen (secondary N) is 1. The van der Waals surface area contributed by atoms with E-state index in [4.69, 9.17) is 27.9 Å². The Balaban J connectivity index is 1.98. The van der Waals surface area contributed by atoms with Gasteiger partial charge in [0.05, 0.1) is 21.1 Å². The van der Waals surface area contributed by atoms with E-state index in [1.54, 1.807) is 32.0 Å². The first-order valence-corrected chi connectivity index (χ1v) is 8.04. The fourth-order valence-corrected chi connectivity index (χ4v) is 2.57. The van der Waals surface area contributed by atoms with E-state index in [9.17, 15) is 9.59 Å². The molecule has 0 fully saturated rings. The predicted molar refractivity (Wildman–Crippen MR) is 95.5 cm³/mol. The van der Waals surface area contributed by atoms with E-state index in [2.05, 4.69) is 5.32 Å². The Morgan fingerprint density at radius 3 is 2.17 bits per heavy atom. The first kappa shape index (κ1) is 18.3. The van der Waals surface area contributed by atoms with Crippen LogP contribution in [-0.4, -0.2) is 18.5 Å². The van der Waals surface area contributed by atoms with Crippen LogP contribution in [0.4, 0.5) is 5.69 Å². The Kier molecular flexibility index (Phi) is 5.86. The monoisotopic (exact) mass is 365 g/mol. The number of rotatable bonds is 5. The average molecular weight is 366 g/mol. The first-order chi connectivity index (χ1) is 11.3. The number of ether oxygens (including phenoxy) is 1. The molecule has 0 saturated carbocycles. The standard InChI is InChI=1S/C18H17Cl2NO3/c1-18(2,12-7-4-3-5-8-12)17(23)24-11-15(22)21-16-13(19)9-6-10-14(16)20/h3-10H,11H2,1-2H3,(H,21,22). The molecule has 1 amide bonds. The molecular formula is C18H17Cl2NO3. The van der Waals surface area contributed by atoms with Gasteiger partial charge in [-0.3, -0.25) is 9.59 Å². The maximum absolute atomic E-state index is 12.3. The fourth-order valence-electron chi connectivity index (χ4n) is 2.08. The average Bonchev–Trinajstić information content (AvgIpc) is 2.57. The van der Waals surface area contributed by atoms with Crippen LogP contribution in [0.2, 0.25) is 10.0 Å². The Hall–Kier alpha value is -2.04. The zero-order valence-electron chi connectivity index (χ0n) is 13.3. The number of esters is 1. The summed E-state index contributed by atoms with van der Waals surface area (Å²) in [7, 11) is 0. The topological polar surface area (TPSA) is 55.4 Å². The van der Waals surface area contributed by atoms with Gasteiger partial charge in [0, 0.05) is 0 Å². The number of para-hydroxylation sites is 1. The molecule has 126 valence electrons. The van der Waals surface area contributed by atoms with Crippen LogP contribution in [0.5, 0.6) is 0 Å². The largest absolute Gasteiger partial charge is 0.455 e. The minimum Gasteiger partial charge on any atom is -0.455 e. The molecular weight excluding hydrogens is 349 g/mol. The van der Waals surface area contributed by atoms with Crippen molar-refractivity contribution in [2.75, 3.05) is 11.9 Å². The third kappa shape index (κ3) is 4.28. The molecule has 0 spiro atoms. The van der Waals surface area contributed by atoms with Crippen LogP contribution in [0.3, 0.4) is 0 Å². The van der Waals surface area contributed by atoms with Crippen molar-refractivity contribution < 1.29 is 14.3 Å². The number of amides is 1. The molecule has 2 aromatic carbocycles. The summed E-state index contributed by atoms with van der Waals surface area (Å²) < 4.78 is 5.14. The normalized spacial score (nSPS) is 11.0. The molecule has 6 heteroatoms. The Bertz CT molecular complexity index is 725. The Morgan fingerprint density at radius 1 is 1.00 bits per heavy atom. The number of carbonyl (C=O) groups is 2. The summed E-state index contributed by atoms with van der Waals surface area (Å²) in [5.74, 6) is -1.00. The highest BCUT2D eigenvalue weighted by Gasteiger charge is 2.31. The summed E-state index contributed by atoms with van der Waals surface area (Å²) in [6.07, 6.45) is 0. The Labute approximate surface area is 150 Å². The molecule has 0 aliphatic carbocycles. The summed E-state index contributed by atoms with van der Waals surface area (Å²) in [6, 6.07) is 14.1. The molecule has 0 saturated heterocycles. The van der Waals surface area contributed by atoms with Crippen molar-refractivity contribution in [1.29, 1.82) is 0 Å². The molecule has 0 atom stereocenters. The molecule has 0 aromatic heterocycles. The van der Waals surface area contributed by atoms with Crippen LogP contribution in [0, 0.1) is 0 Å². The third-order valence-electron chi connectivity index (χ3n) is 3.57. The van der Waals surface area contributed by atoms with E-state index in [0.29, 0.717) is 15.7 Å². The second-order valence-corrected chi connectivity index (χ2v) is 6.53. The van der Waals surface area contributed by atoms with Crippen molar-refractivity contribution in [1.82, 2.24) is 0 Å². The molecule has 0 unspecified atom stereocenters. The van der Waals surface area contributed by atoms with Crippen molar-refractivity contribution in [2.24, 2.45) is 0 Å². The molecule has 0 radical (unpaired) electrons. The number of hydrogen-bond donors (Lipinski definition) is 1. The zero-order chi connectivity index (χ0) is 17.7. The number of halogens is 2. The predicted octanol–water partition coefficient (Wildman–Crippen LogP) is 4.45. The van der Waals surface area contributed by atoms with Crippen LogP contribution in [0.15, 0.2) is 48.5 Å². The second-order valence-electron chi connectivity index (χ2n) is 5.71. The highest BCUT2D eigenvalue weighted by molar-refractivity contribution is 6.39. The molecule has 2 aromatic rings. The molecule has 0 aliphatic rings. The smallest absolute Gasteiger partial charge is 0.316 e. The minimum atomic E-state index is -0.858. The van der Waals surface area contributed by atoms with E-state index >= 15 is 0 Å². The molecule has 0 bridgehead atoms. The van der Waals surface area contributed by atoms with Crippen molar-refractivity contribution >= 4 is 40.8 Å². The number of anilines is 1. The van der Waals surface area contributed by atoms with Crippen molar-refractivity contribution in [2.45, 2.75) is 19.3 Å². The number of carbonyl (C=O) groups excluding carboxylic acids is 2. The lowest BCUT2D eigenvalue weighted by atomic mass is 9.85. The van der Waals surface area contributed by atoms with Crippen LogP contribution in [-0.2, 0) is 19.7 Å². The molecule has 4 nitrogen and oxygen atoms in total. The van der Waals surface area contributed by atoms with Crippen LogP contribution >= 0.6 is 23.2 Å². The third-order valence-corrected chi connectivity index (χ3v) is 4.20. The van der Waals surface area contributed by atoms with Crippen LogP contribution in [0.25, 0.3) is 0 Å². The first-order valence-electron chi connectivity index (χ1n) is 7.29. The van der Waals surface area contributed by atoms with E-state index in [-0.39, 0.29) is 0 Å². The van der Waals surface area contributed by atoms with Crippen molar-refractivity contribution in [3.8, 4) is 0 Å². The summed E-state index contributed by atoms with van der Waals surface area (Å²) >= 11 is 12.0. The summed E-state index contributed by atoms with van der Waals surface area (Å²) in [4.78, 5) is 24.3. The number of benzene rings is 2. The lowest BCUT2D eigenvalue weighted by molar-refractivity contribution is -0.152. The minimum absolute atomic E-state index is 0.296. The fraction of sp³-hybridized carbons (Fsp3) is 0.222. The molecule has 2 rings (SSSR count). The van der Waals surface area contributed by atoms with Gasteiger partial charge >= 0.3 is 5.97 Å². The summed E-state index contributed by atoms with van der Waals surface area (Å²) in [6.45, 7) is 3.07. The van der Waals surface area contributed by atoms with Gasteiger partial charge in [-0.15, -0.1) is 0 Å². The van der Waals surface area contributed by atoms with Crippen LogP contribution in [0.1, 0.15) is 19.4 Å². The molecule has 0 aliphatic heterocycles. The molecule has 0 heterocycles. The maximum Gasteiger partial charge on any atom is 0.316 e. The van der Waals surface area contributed by atoms with E-state index in [0.717, 1.165) is 5.56 Å². The van der Waals surface area contributed by atoms with Gasteiger partial charge in [0.1, 0.15) is 0 Å². The summed E-state index contributed by atoms with van der Waals surface area (Å²) in [5, 5.41) is 3.17. The quantitative estimate of drug-likeness (QED) is 0.796. The molecule has 1 N–H and O–H groups in total. The van der Waals surface area contributed by atoms with Gasteiger partial charge in [0.15, 0.2) is 6.61 Å². The number of hydrogen-bond acceptors (Lipinski definition) is 3. The van der Waals surface area contributed by atoms with Crippen molar-refractivity contribution in [3.05, 3.63) is 64.1 Å². The van der Waals surface area contributed by atoms with Gasteiger partial charge in [-0.2, -0.15) is 0 Å². The van der Waals surface area contributed by atoms with Gasteiger partial charge < -0.3 is 10.1 Å². The van der Waals surface area contributed by atoms with Crippen molar-refractivity contribution in [3.63, 3.8) is 0 Å². The van der Waals surface area contributed by atoms with Gasteiger partial charge in [-0.1, -0.05) is 59.6 Å². The van der Waals surface area contributed by atoms with Gasteiger partial charge in [-0.25, -0.2) is 0 Å². The van der Waals surface area contributed by atoms with Gasteiger partial charge in [0.25, 0.3) is 5.91 Å². The maximum atomic E-state index is 12.3. The van der Waals surface area contributed by atoms with Crippen LogP contribution < -0.4 is 5.32 Å². The van der Waals surface area contributed by atoms with Gasteiger partial charge in [0.2, 0.25) is 0 Å². The zero-order valence-corrected chi connectivity index (χ0v) is 14.8. The lowest BCUT2D eigenvalue weighted by Crippen LogP contribution is -2.33. The Morgan fingerprint density at radius 2 is 1.58 bits per heavy atom. The lowest BCUT2D eigenvalue weighted by Gasteiger charge is -2.22. The highest BCUT2D eigenvalue weighted by atomic mass is 35.5. The van der Waals surface area contributed by atoms with E-state index < -0.39 is 23.9 Å². The summed E-state index contributed by atoms with van der Waals surface area (Å²) in [5.41, 5.74) is 0.248. The van der Waals surface area contributed by atoms with E-state index in [1.165, 1.54) is 0 Å². The highest BCUT2D eigenvalue weighted by Crippen LogP contribution is 2.29. The molecule has 24 heavy (non-hydrogen) atoms. The van der Waals surface area contributed by atoms with E-state index in [1.807, 2.05) is 30.3 Å².